The Kier molecular flexibility index (Phi) is 368000. The first-order chi connectivity index (χ1) is 0. The second-order valence-electron chi connectivity index (χ2n) is 0. The van der Waals surface area contributed by atoms with Gasteiger partial charge in [-0.3, -0.25) is 0 Å². The van der Waals surface area contributed by atoms with Gasteiger partial charge < -0.3 is 32.9 Å². The molecule has 0 rings (SSSR count). The first-order valence-electron chi connectivity index (χ1n) is 0. The molecule has 0 aliphatic heterocycles. The van der Waals surface area contributed by atoms with E-state index in [-0.39, 0.29) is 52.3 Å². The van der Waals surface area contributed by atoms with E-state index in [1.807, 2.05) is 0 Å². The minimum Gasteiger partial charge on any atom is -0.870 e. The molecule has 0 aromatic heterocycles. The van der Waals surface area contributed by atoms with Crippen molar-refractivity contribution in [3.8, 4) is 0 Å². The predicted octanol–water partition coefficient (Wildman–Crippen LogP) is -4.30. The molecule has 6 nitrogen and oxygen atoms in total. The van der Waals surface area contributed by atoms with Gasteiger partial charge in [0.05, 0.1) is 0 Å². The summed E-state index contributed by atoms with van der Waals surface area (Å²) in [5.41, 5.74) is 0. The van der Waals surface area contributed by atoms with Crippen molar-refractivity contribution in [2.24, 2.45) is 0 Å². The summed E-state index contributed by atoms with van der Waals surface area (Å²) in [6, 6.07) is 0. The second kappa shape index (κ2) is 1260. The Morgan fingerprint density at radius 3 is 0.429 bits per heavy atom. The maximum Gasteiger partial charge on any atom is 2.00 e. The number of rotatable bonds is 0. The molecule has 0 aromatic rings. The first kappa shape index (κ1) is 2050. The van der Waals surface area contributed by atoms with Gasteiger partial charge in [0.25, 0.3) is 0 Å². The molecule has 0 aliphatic carbocycles. The Bertz CT molecular complexity index is 4.14. The van der Waals surface area contributed by atoms with Crippen LogP contribution in [0, 0.1) is 0 Å². The van der Waals surface area contributed by atoms with E-state index in [0.29, 0.717) is 0 Å². The Morgan fingerprint density at radius 2 is 0.429 bits per heavy atom. The minimum atomic E-state index is 0. The van der Waals surface area contributed by atoms with Crippen LogP contribution in [-0.4, -0.2) is 32.9 Å². The molecule has 0 atom stereocenters. The summed E-state index contributed by atoms with van der Waals surface area (Å²) in [5, 5.41) is 0. The van der Waals surface area contributed by atoms with E-state index in [4.69, 9.17) is 0 Å². The molecule has 7 heteroatoms. The molecule has 0 saturated heterocycles. The van der Waals surface area contributed by atoms with E-state index in [2.05, 4.69) is 0 Å². The Balaban J connectivity index is 0. The molecule has 11 N–H and O–H groups in total. The fraction of sp³-hybridized carbons (Fsp3) is 0. The zero-order chi connectivity index (χ0) is 0. The fourth-order valence-electron chi connectivity index (χ4n) is 0. The summed E-state index contributed by atoms with van der Waals surface area (Å²) in [6.45, 7) is 0. The van der Waals surface area contributed by atoms with Crippen LogP contribution in [0.1, 0.15) is 0 Å². The van der Waals surface area contributed by atoms with E-state index >= 15 is 0 Å². The summed E-state index contributed by atoms with van der Waals surface area (Å²) in [5.74, 6) is 0. The Hall–Kier alpha value is 0.383. The van der Waals surface area contributed by atoms with Crippen LogP contribution in [0.3, 0.4) is 0 Å². The average Bonchev–Trinajstić information content (AvgIpc) is 0. The topological polar surface area (TPSA) is 188 Å². The van der Waals surface area contributed by atoms with Gasteiger partial charge in [-0.15, -0.1) is 0 Å². The van der Waals surface area contributed by atoms with E-state index < -0.39 is 0 Å². The van der Waals surface area contributed by atoms with Crippen molar-refractivity contribution in [2.75, 3.05) is 0 Å². The van der Waals surface area contributed by atoms with Gasteiger partial charge in [0.1, 0.15) is 0 Å². The normalized spacial score (nSPS) is 0. The average molecular weight is 210 g/mol. The monoisotopic (exact) mass is 210 g/mol. The SMILES string of the molecule is O.O.O.O.O.[OH-].[Rh+2]. The van der Waals surface area contributed by atoms with Gasteiger partial charge in [-0.2, -0.15) is 0 Å². The van der Waals surface area contributed by atoms with Gasteiger partial charge in [-0.1, -0.05) is 0 Å². The van der Waals surface area contributed by atoms with Crippen LogP contribution >= 0.6 is 0 Å². The smallest absolute Gasteiger partial charge is 0.870 e. The molecule has 7 heavy (non-hydrogen) atoms. The number of hydrogen-bond acceptors (Lipinski definition) is 1. The van der Waals surface area contributed by atoms with Crippen LogP contribution in [0.2, 0.25) is 0 Å². The maximum atomic E-state index is 0. The van der Waals surface area contributed by atoms with Gasteiger partial charge in [0, 0.05) is 0 Å². The molecular weight excluding hydrogens is 199 g/mol. The number of hydrogen-bond donors (Lipinski definition) is 0. The van der Waals surface area contributed by atoms with Crippen molar-refractivity contribution >= 4 is 0 Å². The van der Waals surface area contributed by atoms with Crippen LogP contribution in [0.25, 0.3) is 0 Å². The van der Waals surface area contributed by atoms with E-state index in [1.165, 1.54) is 0 Å². The maximum absolute atomic E-state index is 0. The van der Waals surface area contributed by atoms with Gasteiger partial charge in [-0.25, -0.2) is 0 Å². The van der Waals surface area contributed by atoms with E-state index in [1.54, 1.807) is 0 Å². The molecule has 0 aliphatic rings. The second-order valence-corrected chi connectivity index (χ2v) is 0. The third-order valence-electron chi connectivity index (χ3n) is 0. The summed E-state index contributed by atoms with van der Waals surface area (Å²) in [4.78, 5) is 0. The minimum absolute atomic E-state index is 0. The molecule has 0 unspecified atom stereocenters. The molecule has 0 fully saturated rings. The molecular formula is H11O6Rh+. The van der Waals surface area contributed by atoms with Crippen molar-refractivity contribution in [3.63, 3.8) is 0 Å². The van der Waals surface area contributed by atoms with Gasteiger partial charge in [-0.05, 0) is 0 Å². The van der Waals surface area contributed by atoms with Crippen molar-refractivity contribution in [2.45, 2.75) is 0 Å². The van der Waals surface area contributed by atoms with Crippen molar-refractivity contribution in [1.29, 1.82) is 0 Å². The standard InChI is InChI=1S/6H2O.Rh/h6*1H2;/q;;;;;;+2/p-1. The third kappa shape index (κ3) is 834. The molecule has 0 aromatic carbocycles. The van der Waals surface area contributed by atoms with Gasteiger partial charge in [0.2, 0.25) is 0 Å². The van der Waals surface area contributed by atoms with Crippen molar-refractivity contribution < 1.29 is 52.3 Å². The van der Waals surface area contributed by atoms with Gasteiger partial charge in [0.15, 0.2) is 0 Å². The summed E-state index contributed by atoms with van der Waals surface area (Å²) in [7, 11) is 0. The Labute approximate surface area is 53.1 Å². The predicted molar refractivity (Wildman–Crippen MR) is 20.0 cm³/mol. The zero-order valence-corrected chi connectivity index (χ0v) is 4.92. The van der Waals surface area contributed by atoms with Gasteiger partial charge >= 0.3 is 19.5 Å². The first-order valence-corrected chi connectivity index (χ1v) is 0. The summed E-state index contributed by atoms with van der Waals surface area (Å²) < 4.78 is 0. The van der Waals surface area contributed by atoms with Crippen LogP contribution in [0.5, 0.6) is 0 Å². The molecule has 0 bridgehead atoms. The largest absolute Gasteiger partial charge is 2.00 e. The molecule has 1 radical (unpaired) electrons. The molecule has 0 saturated carbocycles. The molecule has 0 heterocycles. The quantitative estimate of drug-likeness (QED) is 0.359. The van der Waals surface area contributed by atoms with E-state index in [0.717, 1.165) is 0 Å². The van der Waals surface area contributed by atoms with E-state index in [9.17, 15) is 0 Å². The van der Waals surface area contributed by atoms with Crippen LogP contribution in [0.4, 0.5) is 0 Å². The Morgan fingerprint density at radius 1 is 0.429 bits per heavy atom. The van der Waals surface area contributed by atoms with Crippen molar-refractivity contribution in [3.05, 3.63) is 0 Å². The van der Waals surface area contributed by atoms with Crippen LogP contribution in [0.15, 0.2) is 0 Å². The molecule has 0 spiro atoms. The van der Waals surface area contributed by atoms with Crippen molar-refractivity contribution in [1.82, 2.24) is 0 Å². The summed E-state index contributed by atoms with van der Waals surface area (Å²) in [6.07, 6.45) is 0. The zero-order valence-electron chi connectivity index (χ0n) is 3.28. The summed E-state index contributed by atoms with van der Waals surface area (Å²) >= 11 is 0. The van der Waals surface area contributed by atoms with Crippen LogP contribution in [-0.2, 0) is 19.5 Å². The third-order valence-corrected chi connectivity index (χ3v) is 0. The fourth-order valence-corrected chi connectivity index (χ4v) is 0. The van der Waals surface area contributed by atoms with Crippen LogP contribution < -0.4 is 0 Å². The molecule has 55 valence electrons. The molecule has 0 amide bonds.